The van der Waals surface area contributed by atoms with Crippen molar-refractivity contribution >= 4 is 23.4 Å². The Hall–Kier alpha value is -3.59. The van der Waals surface area contributed by atoms with Gasteiger partial charge < -0.3 is 26.0 Å². The van der Waals surface area contributed by atoms with Gasteiger partial charge in [-0.05, 0) is 17.7 Å². The lowest BCUT2D eigenvalue weighted by Crippen LogP contribution is -2.72. The Balaban J connectivity index is 1.44. The number of rotatable bonds is 6. The van der Waals surface area contributed by atoms with Gasteiger partial charge in [-0.3, -0.25) is 19.7 Å². The molecule has 5 N–H and O–H groups in total. The van der Waals surface area contributed by atoms with Crippen LogP contribution in [0.4, 0.5) is 5.69 Å². The second kappa shape index (κ2) is 9.05. The fourth-order valence-corrected chi connectivity index (χ4v) is 3.99. The van der Waals surface area contributed by atoms with Crippen molar-refractivity contribution in [3.8, 4) is 5.75 Å². The van der Waals surface area contributed by atoms with E-state index < -0.39 is 24.3 Å². The summed E-state index contributed by atoms with van der Waals surface area (Å²) in [5.41, 5.74) is 1.63. The maximum atomic E-state index is 12.9. The Labute approximate surface area is 179 Å². The van der Waals surface area contributed by atoms with Crippen molar-refractivity contribution in [2.45, 2.75) is 25.4 Å². The number of piperidine rings is 1. The van der Waals surface area contributed by atoms with Gasteiger partial charge in [-0.2, -0.15) is 0 Å². The van der Waals surface area contributed by atoms with E-state index in [1.165, 1.54) is 0 Å². The third-order valence-corrected chi connectivity index (χ3v) is 5.50. The number of nitrogens with one attached hydrogen (secondary N) is 5. The first-order chi connectivity index (χ1) is 15.0. The van der Waals surface area contributed by atoms with Gasteiger partial charge in [-0.15, -0.1) is 0 Å². The number of methoxy groups -OCH3 is 1. The second-order valence-corrected chi connectivity index (χ2v) is 7.54. The van der Waals surface area contributed by atoms with E-state index in [0.717, 1.165) is 5.56 Å². The van der Waals surface area contributed by atoms with E-state index in [1.54, 1.807) is 13.2 Å². The molecule has 2 heterocycles. The molecular formula is C22H25N5O4. The molecule has 2 aliphatic heterocycles. The van der Waals surface area contributed by atoms with E-state index in [9.17, 15) is 14.4 Å². The van der Waals surface area contributed by atoms with Crippen molar-refractivity contribution in [1.29, 1.82) is 0 Å². The summed E-state index contributed by atoms with van der Waals surface area (Å²) in [6, 6.07) is 16.8. The topological polar surface area (TPSA) is 121 Å². The number of anilines is 1. The summed E-state index contributed by atoms with van der Waals surface area (Å²) in [5, 5.41) is 14.8. The summed E-state index contributed by atoms with van der Waals surface area (Å²) in [6.07, 6.45) is -1.35. The molecule has 0 bridgehead atoms. The molecule has 2 fully saturated rings. The Kier molecular flexibility index (Phi) is 6.03. The first-order valence-corrected chi connectivity index (χ1v) is 10.1. The molecule has 3 amide bonds. The Morgan fingerprint density at radius 2 is 1.81 bits per heavy atom. The van der Waals surface area contributed by atoms with Crippen molar-refractivity contribution in [2.75, 3.05) is 12.4 Å². The predicted octanol–water partition coefficient (Wildman–Crippen LogP) is 0.505. The number of hydrogen-bond acceptors (Lipinski definition) is 6. The summed E-state index contributed by atoms with van der Waals surface area (Å²) in [6.45, 7) is 0.336. The zero-order valence-corrected chi connectivity index (χ0v) is 17.1. The van der Waals surface area contributed by atoms with Crippen molar-refractivity contribution in [3.63, 3.8) is 0 Å². The summed E-state index contributed by atoms with van der Waals surface area (Å²) < 4.78 is 5.32. The lowest BCUT2D eigenvalue weighted by Gasteiger charge is -2.43. The quantitative estimate of drug-likeness (QED) is 0.462. The van der Waals surface area contributed by atoms with Gasteiger partial charge in [0.2, 0.25) is 17.7 Å². The summed E-state index contributed by atoms with van der Waals surface area (Å²) in [7, 11) is 1.56. The average Bonchev–Trinajstić information content (AvgIpc) is 2.77. The molecule has 4 unspecified atom stereocenters. The van der Waals surface area contributed by atoms with Crippen LogP contribution in [-0.4, -0.2) is 37.3 Å². The fourth-order valence-electron chi connectivity index (χ4n) is 3.99. The number of para-hydroxylation sites is 2. The van der Waals surface area contributed by atoms with Crippen molar-refractivity contribution in [3.05, 3.63) is 60.2 Å². The van der Waals surface area contributed by atoms with Crippen LogP contribution in [0.3, 0.4) is 0 Å². The Morgan fingerprint density at radius 3 is 2.58 bits per heavy atom. The summed E-state index contributed by atoms with van der Waals surface area (Å²) in [5.74, 6) is -1.77. The zero-order chi connectivity index (χ0) is 21.8. The number of hydrogen-bond donors (Lipinski definition) is 5. The lowest BCUT2D eigenvalue weighted by atomic mass is 9.81. The Bertz CT molecular complexity index is 967. The fraction of sp³-hybridized carbons (Fsp3) is 0.318. The molecule has 0 aromatic heterocycles. The number of benzene rings is 2. The molecule has 2 aromatic carbocycles. The Morgan fingerprint density at radius 1 is 1.06 bits per heavy atom. The maximum Gasteiger partial charge on any atom is 0.229 e. The third kappa shape index (κ3) is 4.61. The molecule has 2 aliphatic rings. The van der Waals surface area contributed by atoms with E-state index in [4.69, 9.17) is 4.74 Å². The largest absolute Gasteiger partial charge is 0.495 e. The minimum absolute atomic E-state index is 0.0402. The van der Waals surface area contributed by atoms with Crippen molar-refractivity contribution in [1.82, 2.24) is 21.3 Å². The van der Waals surface area contributed by atoms with Crippen molar-refractivity contribution in [2.24, 2.45) is 11.8 Å². The molecule has 4 rings (SSSR count). The monoisotopic (exact) mass is 423 g/mol. The molecule has 31 heavy (non-hydrogen) atoms. The minimum Gasteiger partial charge on any atom is -0.495 e. The van der Waals surface area contributed by atoms with Crippen LogP contribution in [0.15, 0.2) is 54.6 Å². The van der Waals surface area contributed by atoms with Crippen LogP contribution in [-0.2, 0) is 20.9 Å². The van der Waals surface area contributed by atoms with E-state index in [0.29, 0.717) is 18.0 Å². The van der Waals surface area contributed by atoms with Gasteiger partial charge >= 0.3 is 0 Å². The van der Waals surface area contributed by atoms with Gasteiger partial charge in [0.1, 0.15) is 5.75 Å². The van der Waals surface area contributed by atoms with Crippen LogP contribution in [0.5, 0.6) is 5.75 Å². The first-order valence-electron chi connectivity index (χ1n) is 10.1. The van der Waals surface area contributed by atoms with Crippen LogP contribution >= 0.6 is 0 Å². The van der Waals surface area contributed by atoms with Gasteiger partial charge in [0.05, 0.1) is 30.8 Å². The molecule has 0 radical (unpaired) electrons. The van der Waals surface area contributed by atoms with Gasteiger partial charge in [-0.25, -0.2) is 0 Å². The van der Waals surface area contributed by atoms with Gasteiger partial charge in [0, 0.05) is 13.0 Å². The lowest BCUT2D eigenvalue weighted by molar-refractivity contribution is -0.146. The second-order valence-electron chi connectivity index (χ2n) is 7.54. The zero-order valence-electron chi connectivity index (χ0n) is 17.1. The predicted molar refractivity (Wildman–Crippen MR) is 113 cm³/mol. The van der Waals surface area contributed by atoms with Crippen LogP contribution < -0.4 is 31.3 Å². The first kappa shape index (κ1) is 20.7. The molecule has 2 aromatic rings. The molecule has 162 valence electrons. The standard InChI is InChI=1S/C22H25N5O4/c1-31-16-10-6-5-9-15(16)24-22-26-19-18(21(30)27-22)14(11-17(28)25-19)20(29)23-12-13-7-3-2-4-8-13/h2-10,14,18-19,22,24,26H,11-12H2,1H3,(H,23,29)(H,25,28)(H,27,30). The molecule has 0 aliphatic carbocycles. The smallest absolute Gasteiger partial charge is 0.229 e. The number of carbonyl (C=O) groups is 3. The van der Waals surface area contributed by atoms with E-state index >= 15 is 0 Å². The van der Waals surface area contributed by atoms with E-state index in [2.05, 4.69) is 26.6 Å². The molecule has 0 spiro atoms. The van der Waals surface area contributed by atoms with Gasteiger partial charge in [0.15, 0.2) is 6.29 Å². The molecule has 9 nitrogen and oxygen atoms in total. The van der Waals surface area contributed by atoms with E-state index in [1.807, 2.05) is 48.5 Å². The number of ether oxygens (including phenoxy) is 1. The normalized spacial score (nSPS) is 24.9. The average molecular weight is 423 g/mol. The number of fused-ring (bicyclic) bond motifs is 1. The van der Waals surface area contributed by atoms with E-state index in [-0.39, 0.29) is 24.1 Å². The van der Waals surface area contributed by atoms with Crippen LogP contribution in [0.2, 0.25) is 0 Å². The number of carbonyl (C=O) groups excluding carboxylic acids is 3. The maximum absolute atomic E-state index is 12.9. The number of amides is 3. The van der Waals surface area contributed by atoms with Gasteiger partial charge in [-0.1, -0.05) is 42.5 Å². The molecule has 2 saturated heterocycles. The SMILES string of the molecule is COc1ccccc1NC1NC(=O)C2C(NC(=O)CC2C(=O)NCc2ccccc2)N1. The highest BCUT2D eigenvalue weighted by molar-refractivity contribution is 5.94. The highest BCUT2D eigenvalue weighted by atomic mass is 16.5. The highest BCUT2D eigenvalue weighted by Gasteiger charge is 2.48. The molecule has 9 heteroatoms. The molecular weight excluding hydrogens is 398 g/mol. The summed E-state index contributed by atoms with van der Waals surface area (Å²) >= 11 is 0. The molecule has 4 atom stereocenters. The van der Waals surface area contributed by atoms with Crippen LogP contribution in [0.1, 0.15) is 12.0 Å². The highest BCUT2D eigenvalue weighted by Crippen LogP contribution is 2.28. The minimum atomic E-state index is -0.762. The van der Waals surface area contributed by atoms with Crippen molar-refractivity contribution < 1.29 is 19.1 Å². The van der Waals surface area contributed by atoms with Crippen LogP contribution in [0.25, 0.3) is 0 Å². The van der Waals surface area contributed by atoms with Crippen LogP contribution in [0, 0.1) is 11.8 Å². The van der Waals surface area contributed by atoms with Gasteiger partial charge in [0.25, 0.3) is 0 Å². The summed E-state index contributed by atoms with van der Waals surface area (Å²) in [4.78, 5) is 38.0. The molecule has 0 saturated carbocycles. The third-order valence-electron chi connectivity index (χ3n) is 5.50.